The first-order chi connectivity index (χ1) is 8.49. The zero-order chi connectivity index (χ0) is 13.2. The molecule has 1 fully saturated rings. The second-order valence-electron chi connectivity index (χ2n) is 4.21. The molecule has 1 N–H and O–H groups in total. The monoisotopic (exact) mass is 272 g/mol. The Labute approximate surface area is 104 Å². The molecule has 1 saturated heterocycles. The number of nitrogens with one attached hydrogen (secondary N) is 1. The third-order valence-electron chi connectivity index (χ3n) is 2.87. The molecular weight excluding hydrogens is 259 g/mol. The van der Waals surface area contributed by atoms with Crippen molar-refractivity contribution in [2.45, 2.75) is 24.5 Å². The number of rotatable bonds is 2. The molecule has 18 heavy (non-hydrogen) atoms. The van der Waals surface area contributed by atoms with Gasteiger partial charge < -0.3 is 5.32 Å². The Bertz CT molecular complexity index is 542. The summed E-state index contributed by atoms with van der Waals surface area (Å²) in [4.78, 5) is 15.2. The van der Waals surface area contributed by atoms with Crippen molar-refractivity contribution < 1.29 is 17.6 Å². The van der Waals surface area contributed by atoms with E-state index >= 15 is 0 Å². The standard InChI is InChI=1S/C11H13FN2O3S/c12-10-5-4-8(7-13-10)14-11(15)9-3-1-2-6-18(9,16)17/h4-5,7,9H,1-3,6H2,(H,14,15). The van der Waals surface area contributed by atoms with Crippen molar-refractivity contribution in [3.8, 4) is 0 Å². The fourth-order valence-corrected chi connectivity index (χ4v) is 3.72. The number of carbonyl (C=O) groups excluding carboxylic acids is 1. The quantitative estimate of drug-likeness (QED) is 0.819. The van der Waals surface area contributed by atoms with Gasteiger partial charge in [0.15, 0.2) is 9.84 Å². The molecule has 2 rings (SSSR count). The third kappa shape index (κ3) is 2.84. The van der Waals surface area contributed by atoms with Gasteiger partial charge in [-0.2, -0.15) is 4.39 Å². The lowest BCUT2D eigenvalue weighted by molar-refractivity contribution is -0.116. The summed E-state index contributed by atoms with van der Waals surface area (Å²) < 4.78 is 36.0. The van der Waals surface area contributed by atoms with Crippen molar-refractivity contribution in [2.75, 3.05) is 11.1 Å². The number of amides is 1. The van der Waals surface area contributed by atoms with E-state index in [2.05, 4.69) is 10.3 Å². The number of anilines is 1. The molecule has 5 nitrogen and oxygen atoms in total. The molecule has 0 aliphatic carbocycles. The first-order valence-corrected chi connectivity index (χ1v) is 7.34. The predicted octanol–water partition coefficient (Wildman–Crippen LogP) is 1.13. The highest BCUT2D eigenvalue weighted by Gasteiger charge is 2.34. The summed E-state index contributed by atoms with van der Waals surface area (Å²) in [5.41, 5.74) is 0.294. The number of carbonyl (C=O) groups is 1. The van der Waals surface area contributed by atoms with Crippen LogP contribution in [0.4, 0.5) is 10.1 Å². The zero-order valence-electron chi connectivity index (χ0n) is 9.60. The number of hydrogen-bond acceptors (Lipinski definition) is 4. The van der Waals surface area contributed by atoms with Crippen LogP contribution >= 0.6 is 0 Å². The SMILES string of the molecule is O=C(Nc1ccc(F)nc1)C1CCCCS1(=O)=O. The summed E-state index contributed by atoms with van der Waals surface area (Å²) in [5.74, 6) is -1.17. The van der Waals surface area contributed by atoms with Gasteiger partial charge in [0.1, 0.15) is 5.25 Å². The molecule has 1 unspecified atom stereocenters. The zero-order valence-corrected chi connectivity index (χ0v) is 10.4. The van der Waals surface area contributed by atoms with Crippen molar-refractivity contribution in [2.24, 2.45) is 0 Å². The fraction of sp³-hybridized carbons (Fsp3) is 0.455. The first-order valence-electron chi connectivity index (χ1n) is 5.63. The maximum atomic E-state index is 12.6. The lowest BCUT2D eigenvalue weighted by atomic mass is 10.2. The first kappa shape index (κ1) is 12.9. The molecule has 1 aliphatic heterocycles. The summed E-state index contributed by atoms with van der Waals surface area (Å²) in [5, 5.41) is 1.44. The number of pyridine rings is 1. The summed E-state index contributed by atoms with van der Waals surface area (Å²) in [6, 6.07) is 2.45. The van der Waals surface area contributed by atoms with Crippen molar-refractivity contribution >= 4 is 21.4 Å². The van der Waals surface area contributed by atoms with Crippen molar-refractivity contribution in [1.82, 2.24) is 4.98 Å². The third-order valence-corrected chi connectivity index (χ3v) is 5.04. The summed E-state index contributed by atoms with van der Waals surface area (Å²) >= 11 is 0. The highest BCUT2D eigenvalue weighted by Crippen LogP contribution is 2.21. The molecule has 1 amide bonds. The minimum absolute atomic E-state index is 0.0484. The van der Waals surface area contributed by atoms with Gasteiger partial charge in [-0.1, -0.05) is 6.42 Å². The second-order valence-corrected chi connectivity index (χ2v) is 6.51. The van der Waals surface area contributed by atoms with Gasteiger partial charge in [-0.15, -0.1) is 0 Å². The Morgan fingerprint density at radius 1 is 1.39 bits per heavy atom. The molecule has 0 saturated carbocycles. The van der Waals surface area contributed by atoms with Crippen LogP contribution in [0.1, 0.15) is 19.3 Å². The highest BCUT2D eigenvalue weighted by atomic mass is 32.2. The second kappa shape index (κ2) is 5.01. The molecular formula is C11H13FN2O3S. The van der Waals surface area contributed by atoms with Crippen LogP contribution < -0.4 is 5.32 Å². The van der Waals surface area contributed by atoms with Crippen LogP contribution in [-0.2, 0) is 14.6 Å². The van der Waals surface area contributed by atoms with Gasteiger partial charge >= 0.3 is 0 Å². The van der Waals surface area contributed by atoms with Gasteiger partial charge in [-0.25, -0.2) is 13.4 Å². The van der Waals surface area contributed by atoms with Gasteiger partial charge in [-0.3, -0.25) is 4.79 Å². The van der Waals surface area contributed by atoms with Gasteiger partial charge in [0.2, 0.25) is 11.9 Å². The van der Waals surface area contributed by atoms with E-state index in [1.54, 1.807) is 0 Å². The van der Waals surface area contributed by atoms with Crippen LogP contribution in [0.3, 0.4) is 0 Å². The lowest BCUT2D eigenvalue weighted by Gasteiger charge is -2.21. The number of sulfone groups is 1. The molecule has 0 radical (unpaired) electrons. The Hall–Kier alpha value is -1.50. The molecule has 1 atom stereocenters. The van der Waals surface area contributed by atoms with E-state index in [0.717, 1.165) is 18.7 Å². The van der Waals surface area contributed by atoms with Crippen molar-refractivity contribution in [3.63, 3.8) is 0 Å². The van der Waals surface area contributed by atoms with Crippen LogP contribution in [0, 0.1) is 5.95 Å². The number of aromatic nitrogens is 1. The maximum Gasteiger partial charge on any atom is 0.242 e. The number of nitrogens with zero attached hydrogens (tertiary/aromatic N) is 1. The van der Waals surface area contributed by atoms with E-state index in [0.29, 0.717) is 18.5 Å². The van der Waals surface area contributed by atoms with Crippen molar-refractivity contribution in [1.29, 1.82) is 0 Å². The smallest absolute Gasteiger partial charge is 0.242 e. The highest BCUT2D eigenvalue weighted by molar-refractivity contribution is 7.92. The van der Waals surface area contributed by atoms with Crippen LogP contribution in [-0.4, -0.2) is 30.3 Å². The molecule has 0 bridgehead atoms. The van der Waals surface area contributed by atoms with E-state index in [9.17, 15) is 17.6 Å². The normalized spacial score (nSPS) is 22.4. The Morgan fingerprint density at radius 3 is 2.78 bits per heavy atom. The van der Waals surface area contributed by atoms with E-state index in [1.807, 2.05) is 0 Å². The largest absolute Gasteiger partial charge is 0.324 e. The Morgan fingerprint density at radius 2 is 2.17 bits per heavy atom. The lowest BCUT2D eigenvalue weighted by Crippen LogP contribution is -2.39. The number of hydrogen-bond donors (Lipinski definition) is 1. The molecule has 0 spiro atoms. The van der Waals surface area contributed by atoms with E-state index in [1.165, 1.54) is 6.07 Å². The minimum Gasteiger partial charge on any atom is -0.324 e. The summed E-state index contributed by atoms with van der Waals surface area (Å²) in [6.45, 7) is 0. The predicted molar refractivity (Wildman–Crippen MR) is 64.3 cm³/mol. The van der Waals surface area contributed by atoms with Gasteiger partial charge in [-0.05, 0) is 25.0 Å². The molecule has 0 aromatic carbocycles. The molecule has 2 heterocycles. The molecule has 98 valence electrons. The van der Waals surface area contributed by atoms with Crippen LogP contribution in [0.5, 0.6) is 0 Å². The van der Waals surface area contributed by atoms with Crippen LogP contribution in [0.25, 0.3) is 0 Å². The average Bonchev–Trinajstić information content (AvgIpc) is 2.31. The molecule has 1 aliphatic rings. The van der Waals surface area contributed by atoms with Crippen LogP contribution in [0.2, 0.25) is 0 Å². The topological polar surface area (TPSA) is 76.1 Å². The van der Waals surface area contributed by atoms with E-state index in [4.69, 9.17) is 0 Å². The fourth-order valence-electron chi connectivity index (χ4n) is 1.92. The molecule has 1 aromatic rings. The Kier molecular flexibility index (Phi) is 3.60. The summed E-state index contributed by atoms with van der Waals surface area (Å²) in [6.07, 6.45) is 2.81. The maximum absolute atomic E-state index is 12.6. The van der Waals surface area contributed by atoms with Crippen LogP contribution in [0.15, 0.2) is 18.3 Å². The van der Waals surface area contributed by atoms with Gasteiger partial charge in [0.05, 0.1) is 17.6 Å². The van der Waals surface area contributed by atoms with Gasteiger partial charge in [0, 0.05) is 0 Å². The van der Waals surface area contributed by atoms with Crippen molar-refractivity contribution in [3.05, 3.63) is 24.3 Å². The van der Waals surface area contributed by atoms with E-state index < -0.39 is 26.9 Å². The minimum atomic E-state index is -3.36. The molecule has 1 aromatic heterocycles. The average molecular weight is 272 g/mol. The number of halogens is 1. The van der Waals surface area contributed by atoms with Gasteiger partial charge in [0.25, 0.3) is 0 Å². The van der Waals surface area contributed by atoms with E-state index in [-0.39, 0.29) is 5.75 Å². The Balaban J connectivity index is 2.10. The summed E-state index contributed by atoms with van der Waals surface area (Å²) in [7, 11) is -3.36. The molecule has 7 heteroatoms.